The molecule has 0 fully saturated rings. The minimum atomic E-state index is -0.253. The summed E-state index contributed by atoms with van der Waals surface area (Å²) in [5.41, 5.74) is 2.74. The molecule has 0 saturated heterocycles. The van der Waals surface area contributed by atoms with Gasteiger partial charge in [0.2, 0.25) is 5.91 Å². The van der Waals surface area contributed by atoms with Crippen molar-refractivity contribution >= 4 is 28.1 Å². The summed E-state index contributed by atoms with van der Waals surface area (Å²) in [5, 5.41) is 5.62. The first-order chi connectivity index (χ1) is 15.2. The second kappa shape index (κ2) is 9.71. The zero-order valence-corrected chi connectivity index (χ0v) is 18.3. The van der Waals surface area contributed by atoms with Gasteiger partial charge in [0.1, 0.15) is 6.54 Å². The number of aromatic nitrogens is 2. The Bertz CT molecular complexity index is 1210. The Morgan fingerprint density at radius 3 is 2.65 bits per heavy atom. The molecule has 31 heavy (non-hydrogen) atoms. The number of amides is 1. The number of benzene rings is 2. The number of carbonyl (C=O) groups excluding carboxylic acids is 1. The van der Waals surface area contributed by atoms with E-state index in [4.69, 9.17) is 0 Å². The highest BCUT2D eigenvalue weighted by molar-refractivity contribution is 7.10. The van der Waals surface area contributed by atoms with Crippen LogP contribution in [0.3, 0.4) is 0 Å². The maximum Gasteiger partial charge on any atom is 0.261 e. The summed E-state index contributed by atoms with van der Waals surface area (Å²) in [5.74, 6) is -0.229. The number of fused-ring (bicyclic) bond motifs is 1. The van der Waals surface area contributed by atoms with E-state index in [-0.39, 0.29) is 24.1 Å². The second-order valence-electron chi connectivity index (χ2n) is 7.56. The second-order valence-corrected chi connectivity index (χ2v) is 8.54. The molecule has 2 heterocycles. The lowest BCUT2D eigenvalue weighted by atomic mass is 10.0. The third-order valence-electron chi connectivity index (χ3n) is 5.31. The average Bonchev–Trinajstić information content (AvgIpc) is 3.33. The van der Waals surface area contributed by atoms with Gasteiger partial charge in [0.25, 0.3) is 5.56 Å². The highest BCUT2D eigenvalue weighted by Crippen LogP contribution is 2.26. The Labute approximate surface area is 185 Å². The van der Waals surface area contributed by atoms with E-state index in [0.29, 0.717) is 10.9 Å². The van der Waals surface area contributed by atoms with E-state index < -0.39 is 0 Å². The number of nitrogens with one attached hydrogen (secondary N) is 1. The molecular weight excluding hydrogens is 406 g/mol. The van der Waals surface area contributed by atoms with Crippen molar-refractivity contribution in [3.05, 3.63) is 98.7 Å². The summed E-state index contributed by atoms with van der Waals surface area (Å²) in [6.07, 6.45) is 4.83. The van der Waals surface area contributed by atoms with Crippen LogP contribution in [-0.2, 0) is 17.8 Å². The molecule has 1 N–H and O–H groups in total. The number of thiophene rings is 1. The van der Waals surface area contributed by atoms with Crippen molar-refractivity contribution in [2.45, 2.75) is 38.8 Å². The summed E-state index contributed by atoms with van der Waals surface area (Å²) < 4.78 is 1.36. The summed E-state index contributed by atoms with van der Waals surface area (Å²) in [7, 11) is 0. The van der Waals surface area contributed by atoms with Gasteiger partial charge in [0.05, 0.1) is 23.3 Å². The highest BCUT2D eigenvalue weighted by atomic mass is 32.1. The average molecular weight is 432 g/mol. The maximum atomic E-state index is 12.9. The van der Waals surface area contributed by atoms with E-state index in [2.05, 4.69) is 41.5 Å². The van der Waals surface area contributed by atoms with Crippen LogP contribution >= 0.6 is 11.3 Å². The summed E-state index contributed by atoms with van der Waals surface area (Å²) in [4.78, 5) is 31.0. The van der Waals surface area contributed by atoms with Crippen molar-refractivity contribution < 1.29 is 4.79 Å². The van der Waals surface area contributed by atoms with Gasteiger partial charge in [0.15, 0.2) is 0 Å². The van der Waals surface area contributed by atoms with Crippen molar-refractivity contribution in [2.24, 2.45) is 0 Å². The molecule has 0 aliphatic carbocycles. The summed E-state index contributed by atoms with van der Waals surface area (Å²) in [6.45, 7) is 2.11. The largest absolute Gasteiger partial charge is 0.343 e. The number of rotatable bonds is 8. The molecule has 2 aromatic carbocycles. The molecule has 0 saturated carbocycles. The van der Waals surface area contributed by atoms with E-state index >= 15 is 0 Å². The zero-order chi connectivity index (χ0) is 21.6. The Morgan fingerprint density at radius 1 is 1.10 bits per heavy atom. The van der Waals surface area contributed by atoms with Crippen LogP contribution in [0.1, 0.15) is 41.8 Å². The third-order valence-corrected chi connectivity index (χ3v) is 6.25. The first-order valence-corrected chi connectivity index (χ1v) is 11.4. The van der Waals surface area contributed by atoms with Crippen molar-refractivity contribution in [1.82, 2.24) is 14.9 Å². The zero-order valence-electron chi connectivity index (χ0n) is 17.5. The van der Waals surface area contributed by atoms with Crippen LogP contribution in [0.5, 0.6) is 0 Å². The number of aryl methyl sites for hydroxylation is 1. The van der Waals surface area contributed by atoms with Crippen LogP contribution in [0.2, 0.25) is 0 Å². The minimum absolute atomic E-state index is 0.0763. The molecule has 5 nitrogen and oxygen atoms in total. The number of unbranched alkanes of at least 4 members (excludes halogenated alkanes) is 1. The predicted molar refractivity (Wildman–Crippen MR) is 125 cm³/mol. The van der Waals surface area contributed by atoms with Crippen LogP contribution in [-0.4, -0.2) is 15.5 Å². The van der Waals surface area contributed by atoms with Crippen LogP contribution in [0.4, 0.5) is 0 Å². The standard InChI is InChI=1S/C25H25N3O2S/c1-2-3-7-18-11-13-19(14-12-18)24(22-10-6-15-31-22)27-23(29)16-28-17-26-21-9-5-4-8-20(21)25(28)30/h4-6,8-15,17,24H,2-3,7,16H2,1H3,(H,27,29). The lowest BCUT2D eigenvalue weighted by Gasteiger charge is -2.19. The molecule has 0 spiro atoms. The Morgan fingerprint density at radius 2 is 1.90 bits per heavy atom. The third kappa shape index (κ3) is 4.91. The maximum absolute atomic E-state index is 12.9. The van der Waals surface area contributed by atoms with Gasteiger partial charge in [-0.3, -0.25) is 14.2 Å². The monoisotopic (exact) mass is 431 g/mol. The van der Waals surface area contributed by atoms with Gasteiger partial charge in [-0.15, -0.1) is 11.3 Å². The predicted octanol–water partition coefficient (Wildman–Crippen LogP) is 4.71. The normalized spacial score (nSPS) is 12.0. The van der Waals surface area contributed by atoms with Crippen molar-refractivity contribution in [3.63, 3.8) is 0 Å². The first-order valence-electron chi connectivity index (χ1n) is 10.5. The molecule has 6 heteroatoms. The molecule has 0 aliphatic heterocycles. The van der Waals surface area contributed by atoms with E-state index in [0.717, 1.165) is 16.9 Å². The van der Waals surface area contributed by atoms with Crippen molar-refractivity contribution in [1.29, 1.82) is 0 Å². The van der Waals surface area contributed by atoms with Gasteiger partial charge in [-0.05, 0) is 47.5 Å². The molecule has 0 radical (unpaired) electrons. The fourth-order valence-corrected chi connectivity index (χ4v) is 4.41. The van der Waals surface area contributed by atoms with Crippen molar-refractivity contribution in [2.75, 3.05) is 0 Å². The van der Waals surface area contributed by atoms with Gasteiger partial charge < -0.3 is 5.32 Å². The summed E-state index contributed by atoms with van der Waals surface area (Å²) in [6, 6.07) is 19.3. The molecule has 4 aromatic rings. The molecular formula is C25H25N3O2S. The van der Waals surface area contributed by atoms with Gasteiger partial charge >= 0.3 is 0 Å². The Balaban J connectivity index is 1.54. The Kier molecular flexibility index (Phi) is 6.57. The molecule has 4 rings (SSSR count). The first kappa shape index (κ1) is 21.0. The van der Waals surface area contributed by atoms with Gasteiger partial charge in [-0.2, -0.15) is 0 Å². The smallest absolute Gasteiger partial charge is 0.261 e. The topological polar surface area (TPSA) is 64.0 Å². The van der Waals surface area contributed by atoms with Crippen LogP contribution in [0, 0.1) is 0 Å². The van der Waals surface area contributed by atoms with E-state index in [1.165, 1.54) is 29.3 Å². The van der Waals surface area contributed by atoms with Crippen LogP contribution in [0.15, 0.2) is 77.2 Å². The van der Waals surface area contributed by atoms with E-state index in [9.17, 15) is 9.59 Å². The fourth-order valence-electron chi connectivity index (χ4n) is 3.61. The quantitative estimate of drug-likeness (QED) is 0.440. The minimum Gasteiger partial charge on any atom is -0.343 e. The molecule has 1 amide bonds. The number of hydrogen-bond acceptors (Lipinski definition) is 4. The summed E-state index contributed by atoms with van der Waals surface area (Å²) >= 11 is 1.60. The van der Waals surface area contributed by atoms with Crippen LogP contribution in [0.25, 0.3) is 10.9 Å². The number of para-hydroxylation sites is 1. The number of carbonyl (C=O) groups is 1. The lowest BCUT2D eigenvalue weighted by molar-refractivity contribution is -0.122. The molecule has 0 aliphatic rings. The molecule has 0 bridgehead atoms. The van der Waals surface area contributed by atoms with Crippen LogP contribution < -0.4 is 10.9 Å². The van der Waals surface area contributed by atoms with Gasteiger partial charge in [-0.25, -0.2) is 4.98 Å². The molecule has 2 aromatic heterocycles. The molecule has 158 valence electrons. The number of nitrogens with zero attached hydrogens (tertiary/aromatic N) is 2. The molecule has 1 atom stereocenters. The van der Waals surface area contributed by atoms with Gasteiger partial charge in [0, 0.05) is 4.88 Å². The van der Waals surface area contributed by atoms with Crippen molar-refractivity contribution in [3.8, 4) is 0 Å². The fraction of sp³-hybridized carbons (Fsp3) is 0.240. The van der Waals surface area contributed by atoms with E-state index in [1.54, 1.807) is 29.5 Å². The van der Waals surface area contributed by atoms with Gasteiger partial charge in [-0.1, -0.05) is 55.8 Å². The highest BCUT2D eigenvalue weighted by Gasteiger charge is 2.19. The Hall–Kier alpha value is -3.25. The lowest BCUT2D eigenvalue weighted by Crippen LogP contribution is -2.35. The SMILES string of the molecule is CCCCc1ccc(C(NC(=O)Cn2cnc3ccccc3c2=O)c2cccs2)cc1. The number of hydrogen-bond donors (Lipinski definition) is 1. The van der Waals surface area contributed by atoms with E-state index in [1.807, 2.05) is 23.6 Å². The molecule has 1 unspecified atom stereocenters.